The first-order valence-electron chi connectivity index (χ1n) is 3.83. The summed E-state index contributed by atoms with van der Waals surface area (Å²) in [6, 6.07) is 6.50. The Bertz CT molecular complexity index is 441. The minimum atomic E-state index is -0.00324. The normalized spacial score (nSPS) is 10.1. The molecule has 1 heterocycles. The van der Waals surface area contributed by atoms with Crippen molar-refractivity contribution in [2.45, 2.75) is 0 Å². The molecule has 14 heavy (non-hydrogen) atoms. The maximum absolute atomic E-state index is 9.35. The zero-order valence-electron chi connectivity index (χ0n) is 6.98. The summed E-state index contributed by atoms with van der Waals surface area (Å²) < 4.78 is 9.98. The molecule has 0 bridgehead atoms. The standard InChI is InChI=1S/C9H6ClNO3/c10-8-5-11-9(14-8)13-7-4-2-1-3-6(7)12/h1-5,12H. The highest BCUT2D eigenvalue weighted by atomic mass is 35.5. The number of halogens is 1. The van der Waals surface area contributed by atoms with Crippen molar-refractivity contribution in [1.29, 1.82) is 0 Å². The Kier molecular flexibility index (Phi) is 2.28. The Morgan fingerprint density at radius 2 is 2.14 bits per heavy atom. The molecular formula is C9H6ClNO3. The summed E-state index contributed by atoms with van der Waals surface area (Å²) in [6.07, 6.45) is 1.31. The van der Waals surface area contributed by atoms with Crippen LogP contribution in [0.1, 0.15) is 0 Å². The molecule has 0 atom stereocenters. The number of nitrogens with zero attached hydrogens (tertiary/aromatic N) is 1. The van der Waals surface area contributed by atoms with E-state index in [-0.39, 0.29) is 22.8 Å². The Morgan fingerprint density at radius 3 is 2.79 bits per heavy atom. The molecule has 5 heteroatoms. The van der Waals surface area contributed by atoms with E-state index in [2.05, 4.69) is 4.98 Å². The van der Waals surface area contributed by atoms with E-state index in [9.17, 15) is 5.11 Å². The van der Waals surface area contributed by atoms with Crippen LogP contribution in [0.4, 0.5) is 0 Å². The number of aromatic hydroxyl groups is 1. The van der Waals surface area contributed by atoms with Crippen LogP contribution in [0.25, 0.3) is 0 Å². The number of oxazole rings is 1. The number of para-hydroxylation sites is 2. The van der Waals surface area contributed by atoms with E-state index in [0.717, 1.165) is 0 Å². The van der Waals surface area contributed by atoms with Gasteiger partial charge in [0.25, 0.3) is 0 Å². The third-order valence-corrected chi connectivity index (χ3v) is 1.69. The number of phenolic OH excluding ortho intramolecular Hbond substituents is 1. The van der Waals surface area contributed by atoms with Gasteiger partial charge in [-0.1, -0.05) is 12.1 Å². The quantitative estimate of drug-likeness (QED) is 0.830. The summed E-state index contributed by atoms with van der Waals surface area (Å²) in [4.78, 5) is 3.72. The Balaban J connectivity index is 2.23. The van der Waals surface area contributed by atoms with E-state index < -0.39 is 0 Å². The fourth-order valence-electron chi connectivity index (χ4n) is 0.924. The summed E-state index contributed by atoms with van der Waals surface area (Å²) in [6.45, 7) is 0. The first kappa shape index (κ1) is 8.90. The lowest BCUT2D eigenvalue weighted by molar-refractivity contribution is 0.316. The van der Waals surface area contributed by atoms with Crippen LogP contribution >= 0.6 is 11.6 Å². The summed E-state index contributed by atoms with van der Waals surface area (Å²) in [5, 5.41) is 9.49. The van der Waals surface area contributed by atoms with Crippen LogP contribution in [0.15, 0.2) is 34.9 Å². The van der Waals surface area contributed by atoms with Crippen LogP contribution in [-0.2, 0) is 0 Å². The summed E-state index contributed by atoms with van der Waals surface area (Å²) in [5.74, 6) is 0.285. The summed E-state index contributed by atoms with van der Waals surface area (Å²) >= 11 is 5.49. The van der Waals surface area contributed by atoms with Gasteiger partial charge in [0.1, 0.15) is 0 Å². The molecule has 1 aromatic carbocycles. The summed E-state index contributed by atoms with van der Waals surface area (Å²) in [7, 11) is 0. The van der Waals surface area contributed by atoms with Gasteiger partial charge >= 0.3 is 6.08 Å². The molecule has 0 fully saturated rings. The molecule has 0 saturated carbocycles. The zero-order chi connectivity index (χ0) is 9.97. The smallest absolute Gasteiger partial charge is 0.400 e. The average Bonchev–Trinajstić information content (AvgIpc) is 2.56. The number of phenols is 1. The second-order valence-electron chi connectivity index (χ2n) is 2.50. The second-order valence-corrected chi connectivity index (χ2v) is 2.87. The van der Waals surface area contributed by atoms with Crippen LogP contribution < -0.4 is 4.74 Å². The van der Waals surface area contributed by atoms with E-state index in [0.29, 0.717) is 0 Å². The molecule has 2 aromatic rings. The van der Waals surface area contributed by atoms with Crippen molar-refractivity contribution in [3.63, 3.8) is 0 Å². The van der Waals surface area contributed by atoms with E-state index in [1.54, 1.807) is 18.2 Å². The van der Waals surface area contributed by atoms with Gasteiger partial charge in [0.15, 0.2) is 11.5 Å². The van der Waals surface area contributed by atoms with Crippen molar-refractivity contribution in [3.8, 4) is 17.6 Å². The van der Waals surface area contributed by atoms with Crippen molar-refractivity contribution >= 4 is 11.6 Å². The lowest BCUT2D eigenvalue weighted by atomic mass is 10.3. The van der Waals surface area contributed by atoms with Crippen molar-refractivity contribution in [1.82, 2.24) is 4.98 Å². The van der Waals surface area contributed by atoms with Gasteiger partial charge in [-0.05, 0) is 23.7 Å². The molecule has 0 aliphatic rings. The molecule has 2 rings (SSSR count). The molecular weight excluding hydrogens is 206 g/mol. The Labute approximate surface area is 84.7 Å². The van der Waals surface area contributed by atoms with Gasteiger partial charge in [-0.2, -0.15) is 4.98 Å². The van der Waals surface area contributed by atoms with Gasteiger partial charge in [0.2, 0.25) is 5.22 Å². The zero-order valence-corrected chi connectivity index (χ0v) is 7.73. The molecule has 1 aromatic heterocycles. The van der Waals surface area contributed by atoms with E-state index in [1.807, 2.05) is 0 Å². The molecule has 0 unspecified atom stereocenters. The van der Waals surface area contributed by atoms with Crippen LogP contribution in [-0.4, -0.2) is 10.1 Å². The first-order valence-corrected chi connectivity index (χ1v) is 4.20. The molecule has 72 valence electrons. The van der Waals surface area contributed by atoms with Crippen molar-refractivity contribution in [2.75, 3.05) is 0 Å². The molecule has 0 radical (unpaired) electrons. The number of aromatic nitrogens is 1. The minimum Gasteiger partial charge on any atom is -0.504 e. The highest BCUT2D eigenvalue weighted by molar-refractivity contribution is 6.28. The predicted octanol–water partition coefficient (Wildman–Crippen LogP) is 2.83. The van der Waals surface area contributed by atoms with E-state index in [1.165, 1.54) is 12.3 Å². The topological polar surface area (TPSA) is 55.5 Å². The average molecular weight is 212 g/mol. The summed E-state index contributed by atoms with van der Waals surface area (Å²) in [5.41, 5.74) is 0. The highest BCUT2D eigenvalue weighted by Gasteiger charge is 2.07. The van der Waals surface area contributed by atoms with Crippen molar-refractivity contribution in [2.24, 2.45) is 0 Å². The van der Waals surface area contributed by atoms with Crippen LogP contribution in [0, 0.1) is 0 Å². The van der Waals surface area contributed by atoms with Gasteiger partial charge < -0.3 is 14.3 Å². The highest BCUT2D eigenvalue weighted by Crippen LogP contribution is 2.30. The van der Waals surface area contributed by atoms with E-state index in [4.69, 9.17) is 20.8 Å². The minimum absolute atomic E-state index is 0.00324. The number of benzene rings is 1. The second kappa shape index (κ2) is 3.59. The molecule has 0 saturated heterocycles. The van der Waals surface area contributed by atoms with Gasteiger partial charge in [-0.3, -0.25) is 0 Å². The number of hydrogen-bond donors (Lipinski definition) is 1. The van der Waals surface area contributed by atoms with Gasteiger partial charge in [0, 0.05) is 0 Å². The maximum Gasteiger partial charge on any atom is 0.400 e. The van der Waals surface area contributed by atoms with Crippen LogP contribution in [0.3, 0.4) is 0 Å². The monoisotopic (exact) mass is 211 g/mol. The van der Waals surface area contributed by atoms with Crippen LogP contribution in [0.5, 0.6) is 17.6 Å². The Morgan fingerprint density at radius 1 is 1.36 bits per heavy atom. The van der Waals surface area contributed by atoms with Crippen LogP contribution in [0.2, 0.25) is 5.22 Å². The molecule has 0 amide bonds. The molecule has 0 spiro atoms. The molecule has 4 nitrogen and oxygen atoms in total. The predicted molar refractivity (Wildman–Crippen MR) is 49.7 cm³/mol. The third-order valence-electron chi connectivity index (χ3n) is 1.52. The lowest BCUT2D eigenvalue weighted by Gasteiger charge is -2.01. The number of ether oxygens (including phenoxy) is 1. The van der Waals surface area contributed by atoms with Gasteiger partial charge in [0.05, 0.1) is 6.20 Å². The molecule has 1 N–H and O–H groups in total. The fourth-order valence-corrected chi connectivity index (χ4v) is 1.04. The SMILES string of the molecule is Oc1ccccc1Oc1ncc(Cl)o1. The third kappa shape index (κ3) is 1.80. The Hall–Kier alpha value is -1.68. The largest absolute Gasteiger partial charge is 0.504 e. The molecule has 0 aliphatic heterocycles. The lowest BCUT2D eigenvalue weighted by Crippen LogP contribution is -1.83. The van der Waals surface area contributed by atoms with Crippen molar-refractivity contribution in [3.05, 3.63) is 35.7 Å². The van der Waals surface area contributed by atoms with Gasteiger partial charge in [-0.25, -0.2) is 0 Å². The van der Waals surface area contributed by atoms with Crippen molar-refractivity contribution < 1.29 is 14.3 Å². The number of rotatable bonds is 2. The first-order chi connectivity index (χ1) is 6.75. The number of hydrogen-bond acceptors (Lipinski definition) is 4. The van der Waals surface area contributed by atoms with Gasteiger partial charge in [-0.15, -0.1) is 0 Å². The van der Waals surface area contributed by atoms with E-state index >= 15 is 0 Å². The fraction of sp³-hybridized carbons (Fsp3) is 0. The molecule has 0 aliphatic carbocycles. The maximum atomic E-state index is 9.35.